The van der Waals surface area contributed by atoms with E-state index in [1.54, 1.807) is 37.6 Å². The maximum absolute atomic E-state index is 14.8. The third-order valence-corrected chi connectivity index (χ3v) is 4.82. The van der Waals surface area contributed by atoms with Gasteiger partial charge in [0.1, 0.15) is 29.2 Å². The van der Waals surface area contributed by atoms with Gasteiger partial charge in [-0.05, 0) is 18.2 Å². The monoisotopic (exact) mass is 405 g/mol. The lowest BCUT2D eigenvalue weighted by molar-refractivity contribution is 0.101. The van der Waals surface area contributed by atoms with Crippen LogP contribution < -0.4 is 5.32 Å². The van der Waals surface area contributed by atoms with Gasteiger partial charge in [0.05, 0.1) is 22.6 Å². The van der Waals surface area contributed by atoms with Crippen molar-refractivity contribution in [1.29, 1.82) is 0 Å². The van der Waals surface area contributed by atoms with Crippen molar-refractivity contribution in [2.24, 2.45) is 7.05 Å². The summed E-state index contributed by atoms with van der Waals surface area (Å²) >= 11 is 0. The number of amides is 1. The quantitative estimate of drug-likeness (QED) is 0.479. The fraction of sp³-hybridized carbons (Fsp3) is 0.0500. The molecule has 3 heterocycles. The number of hydrogen-bond acceptors (Lipinski definition) is 5. The number of aromatic amines is 1. The van der Waals surface area contributed by atoms with Crippen LogP contribution in [0.3, 0.4) is 0 Å². The molecule has 5 aromatic rings. The third-order valence-electron chi connectivity index (χ3n) is 4.82. The lowest BCUT2D eigenvalue weighted by Crippen LogP contribution is -2.16. The van der Waals surface area contributed by atoms with Crippen LogP contribution in [-0.4, -0.2) is 35.9 Å². The minimum absolute atomic E-state index is 0.0701. The zero-order valence-electron chi connectivity index (χ0n) is 15.5. The first-order valence-corrected chi connectivity index (χ1v) is 8.87. The third kappa shape index (κ3) is 2.77. The zero-order valence-corrected chi connectivity index (χ0v) is 15.5. The maximum Gasteiger partial charge on any atom is 0.261 e. The van der Waals surface area contributed by atoms with Crippen molar-refractivity contribution in [3.63, 3.8) is 0 Å². The molecule has 0 atom stereocenters. The van der Waals surface area contributed by atoms with Gasteiger partial charge in [-0.15, -0.1) is 0 Å². The summed E-state index contributed by atoms with van der Waals surface area (Å²) in [6.07, 6.45) is 5.89. The predicted molar refractivity (Wildman–Crippen MR) is 106 cm³/mol. The number of benzene rings is 2. The van der Waals surface area contributed by atoms with Crippen LogP contribution in [0.4, 0.5) is 14.5 Å². The summed E-state index contributed by atoms with van der Waals surface area (Å²) in [4.78, 5) is 20.6. The molecule has 1 amide bonds. The molecule has 0 saturated heterocycles. The van der Waals surface area contributed by atoms with E-state index in [2.05, 4.69) is 30.6 Å². The molecule has 3 aromatic heterocycles. The molecule has 30 heavy (non-hydrogen) atoms. The Labute approximate surface area is 167 Å². The van der Waals surface area contributed by atoms with Crippen LogP contribution in [0.25, 0.3) is 33.1 Å². The van der Waals surface area contributed by atoms with Gasteiger partial charge in [-0.3, -0.25) is 14.6 Å². The molecule has 148 valence electrons. The Balaban J connectivity index is 1.53. The van der Waals surface area contributed by atoms with Gasteiger partial charge in [0.15, 0.2) is 0 Å². The molecular weight excluding hydrogens is 392 g/mol. The summed E-state index contributed by atoms with van der Waals surface area (Å²) in [6, 6.07) is 6.08. The molecule has 10 heteroatoms. The van der Waals surface area contributed by atoms with E-state index >= 15 is 0 Å². The van der Waals surface area contributed by atoms with Gasteiger partial charge in [-0.1, -0.05) is 0 Å². The van der Waals surface area contributed by atoms with Gasteiger partial charge < -0.3 is 5.32 Å². The second-order valence-corrected chi connectivity index (χ2v) is 6.66. The van der Waals surface area contributed by atoms with Crippen LogP contribution in [0.15, 0.2) is 49.2 Å². The Bertz CT molecular complexity index is 1430. The van der Waals surface area contributed by atoms with Crippen LogP contribution in [0.2, 0.25) is 0 Å². The lowest BCUT2D eigenvalue weighted by atomic mass is 10.1. The number of nitrogens with one attached hydrogen (secondary N) is 2. The van der Waals surface area contributed by atoms with Crippen molar-refractivity contribution < 1.29 is 13.6 Å². The van der Waals surface area contributed by atoms with E-state index in [1.165, 1.54) is 17.2 Å². The number of fused-ring (bicyclic) bond motifs is 2. The molecule has 5 rings (SSSR count). The van der Waals surface area contributed by atoms with E-state index in [4.69, 9.17) is 0 Å². The second-order valence-electron chi connectivity index (χ2n) is 6.66. The summed E-state index contributed by atoms with van der Waals surface area (Å²) in [6.45, 7) is 0. The van der Waals surface area contributed by atoms with Gasteiger partial charge in [0.2, 0.25) is 0 Å². The van der Waals surface area contributed by atoms with Gasteiger partial charge in [0.25, 0.3) is 5.91 Å². The number of aryl methyl sites for hydroxylation is 1. The van der Waals surface area contributed by atoms with E-state index in [0.29, 0.717) is 22.3 Å². The Morgan fingerprint density at radius 2 is 1.90 bits per heavy atom. The van der Waals surface area contributed by atoms with Gasteiger partial charge in [-0.25, -0.2) is 18.7 Å². The molecule has 0 radical (unpaired) electrons. The van der Waals surface area contributed by atoms with Gasteiger partial charge in [0, 0.05) is 42.1 Å². The molecule has 8 nitrogen and oxygen atoms in total. The molecule has 0 aliphatic rings. The molecular formula is C20H13F2N7O. The highest BCUT2D eigenvalue weighted by atomic mass is 19.1. The van der Waals surface area contributed by atoms with Crippen molar-refractivity contribution in [3.05, 3.63) is 66.4 Å². The summed E-state index contributed by atoms with van der Waals surface area (Å²) in [7, 11) is 1.57. The topological polar surface area (TPSA) is 101 Å². The fourth-order valence-electron chi connectivity index (χ4n) is 3.35. The van der Waals surface area contributed by atoms with Crippen molar-refractivity contribution >= 4 is 33.4 Å². The van der Waals surface area contributed by atoms with Crippen LogP contribution in [0.1, 0.15) is 10.4 Å². The minimum atomic E-state index is -0.965. The number of aromatic nitrogens is 6. The molecule has 2 N–H and O–H groups in total. The number of carbonyl (C=O) groups excluding carboxylic acids is 1. The van der Waals surface area contributed by atoms with Crippen molar-refractivity contribution in [2.45, 2.75) is 0 Å². The van der Waals surface area contributed by atoms with Crippen LogP contribution in [-0.2, 0) is 7.05 Å². The normalized spacial score (nSPS) is 11.3. The van der Waals surface area contributed by atoms with E-state index in [0.717, 1.165) is 11.6 Å². The number of H-pyrrole nitrogens is 1. The fourth-order valence-corrected chi connectivity index (χ4v) is 3.35. The minimum Gasteiger partial charge on any atom is -0.322 e. The number of nitrogens with zero attached hydrogens (tertiary/aromatic N) is 5. The maximum atomic E-state index is 14.8. The SMILES string of the molecule is Cn1ncc2c(F)c(C(=O)Nc3ccc4[nH]nc(-c5cncnc5)c4c3)c(F)cc21. The first-order chi connectivity index (χ1) is 14.5. The van der Waals surface area contributed by atoms with Crippen LogP contribution in [0, 0.1) is 11.6 Å². The highest BCUT2D eigenvalue weighted by molar-refractivity contribution is 6.08. The van der Waals surface area contributed by atoms with E-state index < -0.39 is 23.1 Å². The van der Waals surface area contributed by atoms with Gasteiger partial charge in [-0.2, -0.15) is 10.2 Å². The highest BCUT2D eigenvalue weighted by Crippen LogP contribution is 2.29. The molecule has 0 bridgehead atoms. The Morgan fingerprint density at radius 3 is 2.70 bits per heavy atom. The first-order valence-electron chi connectivity index (χ1n) is 8.87. The van der Waals surface area contributed by atoms with Crippen LogP contribution in [0.5, 0.6) is 0 Å². The molecule has 0 unspecified atom stereocenters. The number of rotatable bonds is 3. The molecule has 0 aliphatic carbocycles. The lowest BCUT2D eigenvalue weighted by Gasteiger charge is -2.09. The van der Waals surface area contributed by atoms with E-state index in [9.17, 15) is 13.6 Å². The first kappa shape index (κ1) is 17.9. The van der Waals surface area contributed by atoms with Crippen molar-refractivity contribution in [1.82, 2.24) is 29.9 Å². The summed E-state index contributed by atoms with van der Waals surface area (Å²) < 4.78 is 30.6. The Kier molecular flexibility index (Phi) is 3.98. The molecule has 0 fully saturated rings. The smallest absolute Gasteiger partial charge is 0.261 e. The summed E-state index contributed by atoms with van der Waals surface area (Å²) in [5, 5.41) is 14.4. The summed E-state index contributed by atoms with van der Waals surface area (Å²) in [5.74, 6) is -2.82. The number of carbonyl (C=O) groups is 1. The Morgan fingerprint density at radius 1 is 1.10 bits per heavy atom. The van der Waals surface area contributed by atoms with Crippen molar-refractivity contribution in [2.75, 3.05) is 5.32 Å². The molecule has 0 saturated carbocycles. The van der Waals surface area contributed by atoms with E-state index in [-0.39, 0.29) is 10.9 Å². The van der Waals surface area contributed by atoms with Gasteiger partial charge >= 0.3 is 0 Å². The molecule has 0 spiro atoms. The standard InChI is InChI=1S/C20H13F2N7O/c1-29-16-5-14(21)17(18(22)13(16)8-25-29)20(30)26-11-2-3-15-12(4-11)19(28-27-15)10-6-23-9-24-7-10/h2-9H,1H3,(H,26,30)(H,27,28). The number of anilines is 1. The second kappa shape index (κ2) is 6.69. The Hall–Kier alpha value is -4.21. The molecule has 0 aliphatic heterocycles. The molecule has 2 aromatic carbocycles. The summed E-state index contributed by atoms with van der Waals surface area (Å²) in [5.41, 5.74) is 1.95. The van der Waals surface area contributed by atoms with Crippen LogP contribution >= 0.6 is 0 Å². The average Bonchev–Trinajstić information content (AvgIpc) is 3.32. The zero-order chi connectivity index (χ0) is 20.8. The average molecular weight is 405 g/mol. The van der Waals surface area contributed by atoms with Crippen molar-refractivity contribution in [3.8, 4) is 11.3 Å². The predicted octanol–water partition coefficient (Wildman–Crippen LogP) is 3.44. The number of halogens is 2. The number of hydrogen-bond donors (Lipinski definition) is 2. The van der Waals surface area contributed by atoms with E-state index in [1.807, 2.05) is 0 Å². The highest BCUT2D eigenvalue weighted by Gasteiger charge is 2.22. The largest absolute Gasteiger partial charge is 0.322 e.